The van der Waals surface area contributed by atoms with Crippen LogP contribution in [0, 0.1) is 21.7 Å². The molecule has 1 aliphatic rings. The first-order valence-electron chi connectivity index (χ1n) is 5.83. The number of hydrogen-bond acceptors (Lipinski definition) is 3. The van der Waals surface area contributed by atoms with Crippen LogP contribution in [0.25, 0.3) is 0 Å². The highest BCUT2D eigenvalue weighted by atomic mass is 19.1. The summed E-state index contributed by atoms with van der Waals surface area (Å²) in [6.45, 7) is 0. The Bertz CT molecular complexity index is 544. The van der Waals surface area contributed by atoms with Crippen molar-refractivity contribution < 1.29 is 18.5 Å². The molecule has 0 radical (unpaired) electrons. The van der Waals surface area contributed by atoms with Gasteiger partial charge in [-0.25, -0.2) is 4.39 Å². The molecule has 7 heteroatoms. The monoisotopic (exact) mass is 270 g/mol. The molecule has 1 aromatic rings. The van der Waals surface area contributed by atoms with E-state index in [1.807, 2.05) is 0 Å². The molecule has 1 saturated carbocycles. The van der Waals surface area contributed by atoms with E-state index in [1.54, 1.807) is 0 Å². The standard InChI is InChI=1S/C12H12F2N2O3/c1-15(7-3-2-4-7)12(17)10-8(13)5-6-9(11(10)14)16(18)19/h5-7H,2-4H2,1H3. The van der Waals surface area contributed by atoms with Gasteiger partial charge in [-0.3, -0.25) is 14.9 Å². The highest BCUT2D eigenvalue weighted by molar-refractivity contribution is 5.95. The maximum atomic E-state index is 13.9. The number of nitrogens with zero attached hydrogens (tertiary/aromatic N) is 2. The second-order valence-corrected chi connectivity index (χ2v) is 4.51. The molecule has 0 unspecified atom stereocenters. The van der Waals surface area contributed by atoms with Gasteiger partial charge in [0.15, 0.2) is 0 Å². The molecule has 2 rings (SSSR count). The molecule has 102 valence electrons. The number of nitro benzene ring substituents is 1. The van der Waals surface area contributed by atoms with E-state index in [0.717, 1.165) is 25.3 Å². The van der Waals surface area contributed by atoms with E-state index in [9.17, 15) is 23.7 Å². The van der Waals surface area contributed by atoms with E-state index in [4.69, 9.17) is 0 Å². The molecule has 1 aromatic carbocycles. The van der Waals surface area contributed by atoms with Crippen molar-refractivity contribution in [1.82, 2.24) is 4.90 Å². The van der Waals surface area contributed by atoms with Gasteiger partial charge in [0.25, 0.3) is 5.91 Å². The number of carbonyl (C=O) groups is 1. The lowest BCUT2D eigenvalue weighted by atomic mass is 9.91. The molecule has 5 nitrogen and oxygen atoms in total. The quantitative estimate of drug-likeness (QED) is 0.626. The number of benzene rings is 1. The minimum absolute atomic E-state index is 0.0504. The Hall–Kier alpha value is -2.05. The van der Waals surface area contributed by atoms with Crippen molar-refractivity contribution in [2.75, 3.05) is 7.05 Å². The lowest BCUT2D eigenvalue weighted by molar-refractivity contribution is -0.387. The molecule has 1 fully saturated rings. The lowest BCUT2D eigenvalue weighted by Gasteiger charge is -2.34. The zero-order valence-corrected chi connectivity index (χ0v) is 10.2. The van der Waals surface area contributed by atoms with E-state index in [1.165, 1.54) is 11.9 Å². The predicted octanol–water partition coefficient (Wildman–Crippen LogP) is 2.50. The fourth-order valence-electron chi connectivity index (χ4n) is 1.99. The summed E-state index contributed by atoms with van der Waals surface area (Å²) < 4.78 is 27.4. The van der Waals surface area contributed by atoms with Crippen molar-refractivity contribution in [3.05, 3.63) is 39.4 Å². The molecule has 1 aliphatic carbocycles. The van der Waals surface area contributed by atoms with Crippen molar-refractivity contribution in [2.24, 2.45) is 0 Å². The van der Waals surface area contributed by atoms with E-state index < -0.39 is 33.7 Å². The van der Waals surface area contributed by atoms with Crippen LogP contribution < -0.4 is 0 Å². The van der Waals surface area contributed by atoms with Gasteiger partial charge in [-0.1, -0.05) is 0 Å². The molecular weight excluding hydrogens is 258 g/mol. The van der Waals surface area contributed by atoms with Gasteiger partial charge >= 0.3 is 5.69 Å². The van der Waals surface area contributed by atoms with Gasteiger partial charge in [-0.05, 0) is 25.3 Å². The van der Waals surface area contributed by atoms with Crippen LogP contribution >= 0.6 is 0 Å². The fourth-order valence-corrected chi connectivity index (χ4v) is 1.99. The number of hydrogen-bond donors (Lipinski definition) is 0. The van der Waals surface area contributed by atoms with Crippen molar-refractivity contribution >= 4 is 11.6 Å². The summed E-state index contributed by atoms with van der Waals surface area (Å²) in [5.41, 5.74) is -1.75. The molecule has 0 saturated heterocycles. The van der Waals surface area contributed by atoms with Crippen LogP contribution in [0.4, 0.5) is 14.5 Å². The number of amides is 1. The third-order valence-electron chi connectivity index (χ3n) is 3.42. The minimum Gasteiger partial charge on any atom is -0.339 e. The molecule has 0 atom stereocenters. The van der Waals surface area contributed by atoms with Crippen molar-refractivity contribution in [2.45, 2.75) is 25.3 Å². The smallest absolute Gasteiger partial charge is 0.305 e. The van der Waals surface area contributed by atoms with Crippen molar-refractivity contribution in [1.29, 1.82) is 0 Å². The summed E-state index contributed by atoms with van der Waals surface area (Å²) in [4.78, 5) is 22.9. The second-order valence-electron chi connectivity index (χ2n) is 4.51. The molecular formula is C12H12F2N2O3. The molecule has 19 heavy (non-hydrogen) atoms. The summed E-state index contributed by atoms with van der Waals surface area (Å²) in [6.07, 6.45) is 2.52. The predicted molar refractivity (Wildman–Crippen MR) is 62.7 cm³/mol. The van der Waals surface area contributed by atoms with Crippen molar-refractivity contribution in [3.63, 3.8) is 0 Å². The van der Waals surface area contributed by atoms with Crippen LogP contribution in [0.3, 0.4) is 0 Å². The number of rotatable bonds is 3. The summed E-state index contributed by atoms with van der Waals surface area (Å²) in [5, 5.41) is 10.6. The third-order valence-corrected chi connectivity index (χ3v) is 3.42. The molecule has 0 N–H and O–H groups in total. The van der Waals surface area contributed by atoms with E-state index >= 15 is 0 Å². The van der Waals surface area contributed by atoms with Gasteiger partial charge in [0, 0.05) is 19.2 Å². The molecule has 1 amide bonds. The second kappa shape index (κ2) is 4.91. The topological polar surface area (TPSA) is 63.5 Å². The fraction of sp³-hybridized carbons (Fsp3) is 0.417. The highest BCUT2D eigenvalue weighted by Crippen LogP contribution is 2.28. The Labute approximate surface area is 108 Å². The Balaban J connectivity index is 2.40. The number of carbonyl (C=O) groups excluding carboxylic acids is 1. The Kier molecular flexibility index (Phi) is 3.46. The Morgan fingerprint density at radius 3 is 2.53 bits per heavy atom. The molecule has 0 bridgehead atoms. The lowest BCUT2D eigenvalue weighted by Crippen LogP contribution is -2.42. The van der Waals surface area contributed by atoms with Gasteiger partial charge in [-0.15, -0.1) is 0 Å². The summed E-state index contributed by atoms with van der Waals surface area (Å²) >= 11 is 0. The first-order chi connectivity index (χ1) is 8.93. The first-order valence-corrected chi connectivity index (χ1v) is 5.83. The maximum absolute atomic E-state index is 13.9. The van der Waals surface area contributed by atoms with Crippen LogP contribution in [0.1, 0.15) is 29.6 Å². The summed E-state index contributed by atoms with van der Waals surface area (Å²) in [7, 11) is 1.45. The average Bonchev–Trinajstić information content (AvgIpc) is 2.25. The molecule has 0 aromatic heterocycles. The average molecular weight is 270 g/mol. The van der Waals surface area contributed by atoms with Crippen molar-refractivity contribution in [3.8, 4) is 0 Å². The SMILES string of the molecule is CN(C(=O)c1c(F)ccc([N+](=O)[O-])c1F)C1CCC1. The molecule has 0 heterocycles. The van der Waals surface area contributed by atoms with Crippen LogP contribution in [0.15, 0.2) is 12.1 Å². The van der Waals surface area contributed by atoms with Gasteiger partial charge in [0.2, 0.25) is 5.82 Å². The van der Waals surface area contributed by atoms with Crippen LogP contribution in [-0.4, -0.2) is 28.8 Å². The van der Waals surface area contributed by atoms with Crippen LogP contribution in [-0.2, 0) is 0 Å². The zero-order valence-electron chi connectivity index (χ0n) is 10.2. The zero-order chi connectivity index (χ0) is 14.2. The third kappa shape index (κ3) is 2.27. The maximum Gasteiger partial charge on any atom is 0.305 e. The summed E-state index contributed by atoms with van der Waals surface area (Å²) in [6, 6.07) is 1.40. The van der Waals surface area contributed by atoms with Gasteiger partial charge in [0.1, 0.15) is 11.4 Å². The van der Waals surface area contributed by atoms with E-state index in [-0.39, 0.29) is 6.04 Å². The van der Waals surface area contributed by atoms with Crippen LogP contribution in [0.5, 0.6) is 0 Å². The highest BCUT2D eigenvalue weighted by Gasteiger charge is 2.32. The Morgan fingerprint density at radius 1 is 1.42 bits per heavy atom. The molecule has 0 spiro atoms. The van der Waals surface area contributed by atoms with E-state index in [2.05, 4.69) is 0 Å². The van der Waals surface area contributed by atoms with E-state index in [0.29, 0.717) is 6.07 Å². The number of halogens is 2. The van der Waals surface area contributed by atoms with Gasteiger partial charge in [-0.2, -0.15) is 4.39 Å². The normalized spacial score (nSPS) is 14.9. The number of nitro groups is 1. The summed E-state index contributed by atoms with van der Waals surface area (Å²) in [5.74, 6) is -3.36. The largest absolute Gasteiger partial charge is 0.339 e. The Morgan fingerprint density at radius 2 is 2.05 bits per heavy atom. The van der Waals surface area contributed by atoms with Crippen LogP contribution in [0.2, 0.25) is 0 Å². The minimum atomic E-state index is -1.42. The first kappa shape index (κ1) is 13.4. The van der Waals surface area contributed by atoms with Gasteiger partial charge in [0.05, 0.1) is 4.92 Å². The van der Waals surface area contributed by atoms with Gasteiger partial charge < -0.3 is 4.90 Å². The molecule has 0 aliphatic heterocycles.